The van der Waals surface area contributed by atoms with Crippen molar-refractivity contribution in [3.63, 3.8) is 0 Å². The van der Waals surface area contributed by atoms with Crippen LogP contribution >= 0.6 is 0 Å². The maximum absolute atomic E-state index is 13.0. The van der Waals surface area contributed by atoms with Crippen LogP contribution in [0.15, 0.2) is 12.3 Å². The molecule has 0 aliphatic carbocycles. The van der Waals surface area contributed by atoms with Crippen molar-refractivity contribution >= 4 is 11.3 Å². The Morgan fingerprint density at radius 3 is 3.33 bits per heavy atom. The molecule has 0 spiro atoms. The van der Waals surface area contributed by atoms with Gasteiger partial charge in [-0.15, -0.1) is 5.10 Å². The van der Waals surface area contributed by atoms with E-state index in [1.54, 1.807) is 10.7 Å². The first-order valence-electron chi connectivity index (χ1n) is 5.04. The van der Waals surface area contributed by atoms with Crippen LogP contribution in [-0.4, -0.2) is 21.1 Å². The van der Waals surface area contributed by atoms with Crippen LogP contribution in [0.5, 0.6) is 0 Å². The molecule has 0 saturated carbocycles. The average Bonchev–Trinajstić information content (AvgIpc) is 2.58. The monoisotopic (exact) mass is 206 g/mol. The van der Waals surface area contributed by atoms with E-state index < -0.39 is 5.95 Å². The third-order valence-electron chi connectivity index (χ3n) is 2.85. The van der Waals surface area contributed by atoms with Crippen molar-refractivity contribution in [3.05, 3.63) is 23.9 Å². The molecule has 0 radical (unpaired) electrons. The van der Waals surface area contributed by atoms with E-state index in [0.29, 0.717) is 11.6 Å². The minimum Gasteiger partial charge on any atom is -0.382 e. The normalized spacial score (nSPS) is 20.0. The number of rotatable bonds is 0. The van der Waals surface area contributed by atoms with Crippen molar-refractivity contribution < 1.29 is 4.39 Å². The highest BCUT2D eigenvalue weighted by Crippen LogP contribution is 2.30. The fourth-order valence-electron chi connectivity index (χ4n) is 2.09. The van der Waals surface area contributed by atoms with E-state index in [0.717, 1.165) is 24.3 Å². The quantitative estimate of drug-likeness (QED) is 0.714. The first-order valence-corrected chi connectivity index (χ1v) is 5.04. The molecule has 0 fully saturated rings. The van der Waals surface area contributed by atoms with Gasteiger partial charge in [-0.3, -0.25) is 0 Å². The minimum absolute atomic E-state index is 0.381. The first kappa shape index (κ1) is 8.64. The summed E-state index contributed by atoms with van der Waals surface area (Å²) in [6, 6.07) is 1.35. The van der Waals surface area contributed by atoms with Crippen molar-refractivity contribution in [1.29, 1.82) is 0 Å². The third-order valence-corrected chi connectivity index (χ3v) is 2.85. The first-order chi connectivity index (χ1) is 7.25. The summed E-state index contributed by atoms with van der Waals surface area (Å²) < 4.78 is 14.6. The highest BCUT2D eigenvalue weighted by Gasteiger charge is 2.20. The lowest BCUT2D eigenvalue weighted by Gasteiger charge is -2.23. The lowest BCUT2D eigenvalue weighted by Crippen LogP contribution is -2.19. The fourth-order valence-corrected chi connectivity index (χ4v) is 2.09. The van der Waals surface area contributed by atoms with Gasteiger partial charge < -0.3 is 5.32 Å². The molecule has 0 amide bonds. The van der Waals surface area contributed by atoms with Crippen LogP contribution in [0.1, 0.15) is 25.0 Å². The summed E-state index contributed by atoms with van der Waals surface area (Å²) >= 11 is 0. The van der Waals surface area contributed by atoms with Crippen LogP contribution in [0.2, 0.25) is 0 Å². The van der Waals surface area contributed by atoms with E-state index in [1.807, 2.05) is 0 Å². The average molecular weight is 206 g/mol. The molecule has 1 aliphatic heterocycles. The maximum Gasteiger partial charge on any atom is 0.235 e. The van der Waals surface area contributed by atoms with Crippen LogP contribution in [0.3, 0.4) is 0 Å². The molecule has 1 unspecified atom stereocenters. The summed E-state index contributed by atoms with van der Waals surface area (Å²) in [7, 11) is 0. The number of fused-ring (bicyclic) bond motifs is 3. The number of aromatic nitrogens is 3. The molecule has 0 bridgehead atoms. The van der Waals surface area contributed by atoms with Crippen molar-refractivity contribution in [2.45, 2.75) is 19.3 Å². The lowest BCUT2D eigenvalue weighted by molar-refractivity contribution is 0.556. The molecule has 4 nitrogen and oxygen atoms in total. The van der Waals surface area contributed by atoms with E-state index in [9.17, 15) is 4.39 Å². The number of hydrogen-bond donors (Lipinski definition) is 1. The molecule has 1 atom stereocenters. The highest BCUT2D eigenvalue weighted by atomic mass is 19.1. The predicted octanol–water partition coefficient (Wildman–Crippen LogP) is 1.79. The zero-order valence-electron chi connectivity index (χ0n) is 8.37. The molecule has 78 valence electrons. The number of nitrogens with one attached hydrogen (secondary N) is 1. The Balaban J connectivity index is 2.34. The van der Waals surface area contributed by atoms with Crippen molar-refractivity contribution in [3.8, 4) is 0 Å². The van der Waals surface area contributed by atoms with Gasteiger partial charge >= 0.3 is 0 Å². The van der Waals surface area contributed by atoms with E-state index in [1.165, 1.54) is 6.07 Å². The molecule has 0 aromatic carbocycles. The second-order valence-electron chi connectivity index (χ2n) is 3.91. The Hall–Kier alpha value is -1.65. The van der Waals surface area contributed by atoms with Crippen molar-refractivity contribution in [1.82, 2.24) is 14.6 Å². The SMILES string of the molecule is CC1CCNc2cnc3cc(F)nn3c21. The Morgan fingerprint density at radius 2 is 2.47 bits per heavy atom. The molecular weight excluding hydrogens is 195 g/mol. The maximum atomic E-state index is 13.0. The van der Waals surface area contributed by atoms with Gasteiger partial charge in [0.15, 0.2) is 5.65 Å². The van der Waals surface area contributed by atoms with E-state index in [2.05, 4.69) is 22.3 Å². The Kier molecular flexibility index (Phi) is 1.68. The number of hydrogen-bond acceptors (Lipinski definition) is 3. The zero-order chi connectivity index (χ0) is 10.4. The minimum atomic E-state index is -0.478. The Bertz CT molecular complexity index is 519. The molecule has 2 aromatic heterocycles. The Labute approximate surface area is 86.1 Å². The van der Waals surface area contributed by atoms with E-state index >= 15 is 0 Å². The number of nitrogens with zero attached hydrogens (tertiary/aromatic N) is 3. The molecule has 0 saturated heterocycles. The van der Waals surface area contributed by atoms with Crippen molar-refractivity contribution in [2.24, 2.45) is 0 Å². The molecule has 1 N–H and O–H groups in total. The zero-order valence-corrected chi connectivity index (χ0v) is 8.37. The summed E-state index contributed by atoms with van der Waals surface area (Å²) in [5, 5.41) is 7.07. The summed E-state index contributed by atoms with van der Waals surface area (Å²) in [4.78, 5) is 4.15. The van der Waals surface area contributed by atoms with Gasteiger partial charge in [0.1, 0.15) is 0 Å². The Morgan fingerprint density at radius 1 is 1.60 bits per heavy atom. The highest BCUT2D eigenvalue weighted by molar-refractivity contribution is 5.55. The smallest absolute Gasteiger partial charge is 0.235 e. The third kappa shape index (κ3) is 1.19. The molecular formula is C10H11FN4. The van der Waals surface area contributed by atoms with Crippen LogP contribution in [0.4, 0.5) is 10.1 Å². The van der Waals surface area contributed by atoms with Crippen LogP contribution in [-0.2, 0) is 0 Å². The van der Waals surface area contributed by atoms with E-state index in [4.69, 9.17) is 0 Å². The molecule has 3 heterocycles. The van der Waals surface area contributed by atoms with Crippen molar-refractivity contribution in [2.75, 3.05) is 11.9 Å². The van der Waals surface area contributed by atoms with Gasteiger partial charge in [-0.1, -0.05) is 6.92 Å². The summed E-state index contributed by atoms with van der Waals surface area (Å²) in [5.74, 6) is -0.0975. The topological polar surface area (TPSA) is 42.2 Å². The standard InChI is InChI=1S/C10H11FN4/c1-6-2-3-12-7-5-13-9-4-8(11)14-15(9)10(6)7/h4-6,12H,2-3H2,1H3. The molecule has 1 aliphatic rings. The van der Waals surface area contributed by atoms with Gasteiger partial charge in [0, 0.05) is 18.5 Å². The van der Waals surface area contributed by atoms with Gasteiger partial charge in [0.25, 0.3) is 0 Å². The predicted molar refractivity (Wildman–Crippen MR) is 54.5 cm³/mol. The van der Waals surface area contributed by atoms with Crippen LogP contribution in [0, 0.1) is 5.95 Å². The largest absolute Gasteiger partial charge is 0.382 e. The second kappa shape index (κ2) is 2.92. The lowest BCUT2D eigenvalue weighted by atomic mass is 9.99. The van der Waals surface area contributed by atoms with E-state index in [-0.39, 0.29) is 0 Å². The number of halogens is 1. The molecule has 5 heteroatoms. The summed E-state index contributed by atoms with van der Waals surface area (Å²) in [6.07, 6.45) is 2.79. The summed E-state index contributed by atoms with van der Waals surface area (Å²) in [6.45, 7) is 3.06. The van der Waals surface area contributed by atoms with Gasteiger partial charge in [-0.25, -0.2) is 9.50 Å². The van der Waals surface area contributed by atoms with Gasteiger partial charge in [-0.05, 0) is 6.42 Å². The summed E-state index contributed by atoms with van der Waals surface area (Å²) in [5.41, 5.74) is 2.56. The van der Waals surface area contributed by atoms with Gasteiger partial charge in [0.2, 0.25) is 5.95 Å². The molecule has 15 heavy (non-hydrogen) atoms. The van der Waals surface area contributed by atoms with Gasteiger partial charge in [-0.2, -0.15) is 4.39 Å². The second-order valence-corrected chi connectivity index (χ2v) is 3.91. The van der Waals surface area contributed by atoms with Crippen LogP contribution < -0.4 is 5.32 Å². The number of anilines is 1. The molecule has 2 aromatic rings. The van der Waals surface area contributed by atoms with Crippen LogP contribution in [0.25, 0.3) is 5.65 Å². The van der Waals surface area contributed by atoms with Gasteiger partial charge in [0.05, 0.1) is 17.6 Å². The fraction of sp³-hybridized carbons (Fsp3) is 0.400. The molecule has 3 rings (SSSR count).